The van der Waals surface area contributed by atoms with E-state index in [4.69, 9.17) is 0 Å². The summed E-state index contributed by atoms with van der Waals surface area (Å²) in [4.78, 5) is 23.0. The van der Waals surface area contributed by atoms with Crippen LogP contribution in [0.1, 0.15) is 0 Å². The first-order valence-corrected chi connectivity index (χ1v) is 4.68. The minimum Gasteiger partial charge on any atom is -0.246 e. The Kier molecular flexibility index (Phi) is 2.28. The fraction of sp³-hybridized carbons (Fsp3) is 0. The van der Waals surface area contributed by atoms with Gasteiger partial charge in [-0.3, -0.25) is 0 Å². The van der Waals surface area contributed by atoms with Crippen LogP contribution in [-0.2, 0) is 0 Å². The van der Waals surface area contributed by atoms with E-state index >= 15 is 0 Å². The van der Waals surface area contributed by atoms with Crippen molar-refractivity contribution in [1.82, 2.24) is 14.2 Å². The van der Waals surface area contributed by atoms with Gasteiger partial charge in [-0.2, -0.15) is 3.97 Å². The van der Waals surface area contributed by atoms with Crippen LogP contribution in [0.4, 0.5) is 0 Å². The third-order valence-electron chi connectivity index (χ3n) is 1.59. The number of aromatic amines is 2. The van der Waals surface area contributed by atoms with Gasteiger partial charge < -0.3 is 0 Å². The number of benzene rings is 1. The van der Waals surface area contributed by atoms with Gasteiger partial charge in [-0.1, -0.05) is 18.2 Å². The molecule has 2 N–H and O–H groups in total. The molecule has 0 atom stereocenters. The molecule has 0 aliphatic carbocycles. The summed E-state index contributed by atoms with van der Waals surface area (Å²) < 4.78 is 1.02. The lowest BCUT2D eigenvalue weighted by atomic mass is 10.4. The number of hydrogen-bond donors (Lipinski definition) is 2. The van der Waals surface area contributed by atoms with Crippen molar-refractivity contribution in [3.8, 4) is 0 Å². The predicted molar refractivity (Wildman–Crippen MR) is 53.4 cm³/mol. The monoisotopic (exact) mass is 209 g/mol. The van der Waals surface area contributed by atoms with Crippen LogP contribution in [-0.4, -0.2) is 14.2 Å². The third-order valence-corrected chi connectivity index (χ3v) is 2.58. The summed E-state index contributed by atoms with van der Waals surface area (Å²) in [5.41, 5.74) is -0.910. The molecule has 0 aliphatic rings. The van der Waals surface area contributed by atoms with E-state index in [1.165, 1.54) is 0 Å². The Morgan fingerprint density at radius 2 is 1.57 bits per heavy atom. The molecule has 1 aromatic carbocycles. The molecule has 14 heavy (non-hydrogen) atoms. The average molecular weight is 209 g/mol. The number of H-pyrrole nitrogens is 2. The Morgan fingerprint density at radius 1 is 1.00 bits per heavy atom. The van der Waals surface area contributed by atoms with Crippen LogP contribution < -0.4 is 11.4 Å². The Morgan fingerprint density at radius 3 is 2.14 bits per heavy atom. The normalized spacial score (nSPS) is 10.3. The zero-order valence-electron chi connectivity index (χ0n) is 7.06. The molecule has 0 spiro atoms. The first-order valence-electron chi connectivity index (χ1n) is 3.90. The molecule has 0 amide bonds. The van der Waals surface area contributed by atoms with E-state index in [0.29, 0.717) is 0 Å². The predicted octanol–water partition coefficient (Wildman–Crippen LogP) is 0.420. The van der Waals surface area contributed by atoms with Crippen LogP contribution in [0.2, 0.25) is 0 Å². The number of rotatable bonds is 2. The van der Waals surface area contributed by atoms with Crippen LogP contribution in [0.25, 0.3) is 0 Å². The molecule has 0 radical (unpaired) electrons. The summed E-state index contributed by atoms with van der Waals surface area (Å²) in [5.74, 6) is 0. The van der Waals surface area contributed by atoms with Crippen molar-refractivity contribution >= 4 is 11.9 Å². The minimum absolute atomic E-state index is 0.455. The quantitative estimate of drug-likeness (QED) is 0.753. The van der Waals surface area contributed by atoms with E-state index in [1.54, 1.807) is 0 Å². The van der Waals surface area contributed by atoms with Crippen molar-refractivity contribution in [1.29, 1.82) is 0 Å². The van der Waals surface area contributed by atoms with Gasteiger partial charge in [0.2, 0.25) is 0 Å². The van der Waals surface area contributed by atoms with Crippen molar-refractivity contribution in [3.63, 3.8) is 0 Å². The maximum Gasteiger partial charge on any atom is 0.354 e. The number of nitrogens with one attached hydrogen (secondary N) is 2. The summed E-state index contributed by atoms with van der Waals surface area (Å²) in [6.07, 6.45) is 0. The molecule has 0 bridgehead atoms. The van der Waals surface area contributed by atoms with Crippen LogP contribution in [0.3, 0.4) is 0 Å². The van der Waals surface area contributed by atoms with Crippen molar-refractivity contribution in [2.75, 3.05) is 0 Å². The second kappa shape index (κ2) is 3.59. The molecular weight excluding hydrogens is 202 g/mol. The molecule has 1 heterocycles. The van der Waals surface area contributed by atoms with Gasteiger partial charge in [-0.25, -0.2) is 19.8 Å². The molecule has 6 heteroatoms. The third kappa shape index (κ3) is 1.64. The lowest BCUT2D eigenvalue weighted by molar-refractivity contribution is 1.03. The Hall–Kier alpha value is -1.69. The molecular formula is C8H7N3O2S. The highest BCUT2D eigenvalue weighted by molar-refractivity contribution is 7.97. The zero-order chi connectivity index (χ0) is 9.97. The lowest BCUT2D eigenvalue weighted by Crippen LogP contribution is -2.20. The number of hydrogen-bond acceptors (Lipinski definition) is 3. The topological polar surface area (TPSA) is 70.7 Å². The first kappa shape index (κ1) is 8.89. The molecule has 1 aromatic heterocycles. The summed E-state index contributed by atoms with van der Waals surface area (Å²) in [6, 6.07) is 9.20. The molecule has 0 saturated carbocycles. The molecule has 0 saturated heterocycles. The second-order valence-corrected chi connectivity index (χ2v) is 3.58. The van der Waals surface area contributed by atoms with E-state index in [2.05, 4.69) is 10.2 Å². The lowest BCUT2D eigenvalue weighted by Gasteiger charge is -1.96. The molecule has 5 nitrogen and oxygen atoms in total. The van der Waals surface area contributed by atoms with Gasteiger partial charge >= 0.3 is 11.4 Å². The van der Waals surface area contributed by atoms with Crippen molar-refractivity contribution in [2.24, 2.45) is 0 Å². The van der Waals surface area contributed by atoms with Crippen molar-refractivity contribution in [3.05, 3.63) is 51.3 Å². The summed E-state index contributed by atoms with van der Waals surface area (Å²) in [6.45, 7) is 0. The van der Waals surface area contributed by atoms with Crippen molar-refractivity contribution in [2.45, 2.75) is 4.90 Å². The standard InChI is InChI=1S/C8H7N3O2S/c12-7-9-10-8(13)11(7)14-6-4-2-1-3-5-6/h1-5H,(H,9,12)(H,10,13). The van der Waals surface area contributed by atoms with Crippen LogP contribution in [0.5, 0.6) is 0 Å². The van der Waals surface area contributed by atoms with E-state index < -0.39 is 11.4 Å². The summed E-state index contributed by atoms with van der Waals surface area (Å²) in [7, 11) is 0. The Labute approximate surface area is 82.9 Å². The maximum absolute atomic E-state index is 11.1. The maximum atomic E-state index is 11.1. The molecule has 0 unspecified atom stereocenters. The van der Waals surface area contributed by atoms with Gasteiger partial charge in [0.1, 0.15) is 0 Å². The largest absolute Gasteiger partial charge is 0.354 e. The zero-order valence-corrected chi connectivity index (χ0v) is 7.88. The van der Waals surface area contributed by atoms with Gasteiger partial charge in [0, 0.05) is 16.8 Å². The van der Waals surface area contributed by atoms with Gasteiger partial charge in [0.15, 0.2) is 0 Å². The van der Waals surface area contributed by atoms with Gasteiger partial charge in [0.25, 0.3) is 0 Å². The van der Waals surface area contributed by atoms with Crippen LogP contribution >= 0.6 is 11.9 Å². The van der Waals surface area contributed by atoms with Crippen LogP contribution in [0, 0.1) is 0 Å². The highest BCUT2D eigenvalue weighted by Gasteiger charge is 2.03. The molecule has 72 valence electrons. The molecule has 2 aromatic rings. The van der Waals surface area contributed by atoms with Crippen molar-refractivity contribution < 1.29 is 0 Å². The number of nitrogens with zero attached hydrogens (tertiary/aromatic N) is 1. The fourth-order valence-electron chi connectivity index (χ4n) is 0.970. The molecule has 0 fully saturated rings. The second-order valence-electron chi connectivity index (χ2n) is 2.56. The Bertz CT molecular complexity index is 498. The van der Waals surface area contributed by atoms with Gasteiger partial charge in [0.05, 0.1) is 0 Å². The van der Waals surface area contributed by atoms with E-state index in [1.807, 2.05) is 30.3 Å². The Balaban J connectivity index is 2.37. The summed E-state index contributed by atoms with van der Waals surface area (Å²) >= 11 is 1.08. The van der Waals surface area contributed by atoms with E-state index in [9.17, 15) is 9.59 Å². The molecule has 0 aliphatic heterocycles. The fourth-order valence-corrected chi connectivity index (χ4v) is 1.72. The minimum atomic E-state index is -0.455. The summed E-state index contributed by atoms with van der Waals surface area (Å²) in [5, 5.41) is 4.41. The van der Waals surface area contributed by atoms with Crippen LogP contribution in [0.15, 0.2) is 44.8 Å². The number of aromatic nitrogens is 3. The smallest absolute Gasteiger partial charge is 0.246 e. The average Bonchev–Trinajstić information content (AvgIpc) is 2.51. The highest BCUT2D eigenvalue weighted by Crippen LogP contribution is 2.14. The van der Waals surface area contributed by atoms with E-state index in [0.717, 1.165) is 20.8 Å². The first-order chi connectivity index (χ1) is 6.77. The molecule has 2 rings (SSSR count). The highest BCUT2D eigenvalue weighted by atomic mass is 32.2. The van der Waals surface area contributed by atoms with Gasteiger partial charge in [-0.15, -0.1) is 0 Å². The van der Waals surface area contributed by atoms with E-state index in [-0.39, 0.29) is 0 Å². The van der Waals surface area contributed by atoms with Gasteiger partial charge in [-0.05, 0) is 12.1 Å². The SMILES string of the molecule is O=c1[nH][nH]c(=O)n1Sc1ccccc1.